The van der Waals surface area contributed by atoms with E-state index in [1.165, 1.54) is 12.8 Å². The van der Waals surface area contributed by atoms with Gasteiger partial charge in [-0.05, 0) is 37.7 Å². The molecule has 1 heterocycles. The summed E-state index contributed by atoms with van der Waals surface area (Å²) in [5.41, 5.74) is 0.422. The molecular formula is C13H19ClN2O. The van der Waals surface area contributed by atoms with Gasteiger partial charge in [-0.3, -0.25) is 0 Å². The van der Waals surface area contributed by atoms with Crippen LogP contribution in [0.4, 0.5) is 5.82 Å². The maximum absolute atomic E-state index is 5.81. The van der Waals surface area contributed by atoms with Crippen molar-refractivity contribution in [3.05, 3.63) is 18.2 Å². The Morgan fingerprint density at radius 1 is 1.47 bits per heavy atom. The summed E-state index contributed by atoms with van der Waals surface area (Å²) in [6.07, 6.45) is 3.64. The molecule has 0 saturated heterocycles. The van der Waals surface area contributed by atoms with Crippen molar-refractivity contribution in [1.29, 1.82) is 0 Å². The Kier molecular flexibility index (Phi) is 4.11. The SMILES string of the molecule is CCOc1cccc(NCC2(CCCl)CC2)n1. The highest BCUT2D eigenvalue weighted by molar-refractivity contribution is 6.17. The minimum Gasteiger partial charge on any atom is -0.478 e. The molecule has 0 unspecified atom stereocenters. The molecule has 4 heteroatoms. The molecule has 0 bridgehead atoms. The number of aromatic nitrogens is 1. The Hall–Kier alpha value is -0.960. The van der Waals surface area contributed by atoms with Gasteiger partial charge in [0.05, 0.1) is 6.61 Å². The van der Waals surface area contributed by atoms with E-state index in [1.807, 2.05) is 25.1 Å². The second-order valence-corrected chi connectivity index (χ2v) is 4.96. The van der Waals surface area contributed by atoms with Crippen LogP contribution >= 0.6 is 11.6 Å². The molecule has 1 aromatic heterocycles. The first kappa shape index (κ1) is 12.5. The lowest BCUT2D eigenvalue weighted by molar-refractivity contribution is 0.327. The van der Waals surface area contributed by atoms with E-state index in [4.69, 9.17) is 16.3 Å². The number of hydrogen-bond donors (Lipinski definition) is 1. The third-order valence-electron chi connectivity index (χ3n) is 3.24. The predicted octanol–water partition coefficient (Wildman–Crippen LogP) is 3.30. The Morgan fingerprint density at radius 2 is 2.29 bits per heavy atom. The molecule has 94 valence electrons. The first-order valence-corrected chi connectivity index (χ1v) is 6.71. The average Bonchev–Trinajstić information content (AvgIpc) is 3.09. The molecule has 1 aromatic rings. The van der Waals surface area contributed by atoms with Gasteiger partial charge in [-0.2, -0.15) is 4.98 Å². The van der Waals surface area contributed by atoms with Crippen LogP contribution in [0.25, 0.3) is 0 Å². The molecule has 17 heavy (non-hydrogen) atoms. The maximum Gasteiger partial charge on any atom is 0.215 e. The summed E-state index contributed by atoms with van der Waals surface area (Å²) < 4.78 is 5.37. The van der Waals surface area contributed by atoms with E-state index < -0.39 is 0 Å². The van der Waals surface area contributed by atoms with Crippen LogP contribution in [0.15, 0.2) is 18.2 Å². The van der Waals surface area contributed by atoms with E-state index in [2.05, 4.69) is 10.3 Å². The predicted molar refractivity (Wildman–Crippen MR) is 70.9 cm³/mol. The normalized spacial score (nSPS) is 16.6. The molecule has 3 nitrogen and oxygen atoms in total. The van der Waals surface area contributed by atoms with Crippen molar-refractivity contribution in [2.45, 2.75) is 26.2 Å². The molecule has 2 rings (SSSR count). The number of halogens is 1. The molecule has 0 radical (unpaired) electrons. The van der Waals surface area contributed by atoms with Crippen LogP contribution in [0.3, 0.4) is 0 Å². The van der Waals surface area contributed by atoms with Gasteiger partial charge in [0.25, 0.3) is 0 Å². The van der Waals surface area contributed by atoms with Gasteiger partial charge in [0.1, 0.15) is 5.82 Å². The molecule has 0 amide bonds. The third-order valence-corrected chi connectivity index (χ3v) is 3.43. The van der Waals surface area contributed by atoms with Crippen LogP contribution in [0, 0.1) is 5.41 Å². The number of nitrogens with zero attached hydrogens (tertiary/aromatic N) is 1. The summed E-state index contributed by atoms with van der Waals surface area (Å²) in [4.78, 5) is 4.39. The van der Waals surface area contributed by atoms with Crippen LogP contribution in [0.2, 0.25) is 0 Å². The second-order valence-electron chi connectivity index (χ2n) is 4.59. The van der Waals surface area contributed by atoms with Crippen molar-refractivity contribution in [2.24, 2.45) is 5.41 Å². The topological polar surface area (TPSA) is 34.1 Å². The van der Waals surface area contributed by atoms with E-state index in [0.717, 1.165) is 24.7 Å². The fourth-order valence-corrected chi connectivity index (χ4v) is 2.31. The van der Waals surface area contributed by atoms with Crippen LogP contribution in [0.1, 0.15) is 26.2 Å². The molecule has 1 aliphatic rings. The largest absolute Gasteiger partial charge is 0.478 e. The van der Waals surface area contributed by atoms with Crippen molar-refractivity contribution in [1.82, 2.24) is 4.98 Å². The molecule has 0 aromatic carbocycles. The number of alkyl halides is 1. The van der Waals surface area contributed by atoms with Gasteiger partial charge in [-0.15, -0.1) is 11.6 Å². The molecule has 0 spiro atoms. The van der Waals surface area contributed by atoms with Crippen LogP contribution in [-0.4, -0.2) is 24.0 Å². The lowest BCUT2D eigenvalue weighted by Crippen LogP contribution is -2.16. The maximum atomic E-state index is 5.81. The smallest absolute Gasteiger partial charge is 0.215 e. The average molecular weight is 255 g/mol. The van der Waals surface area contributed by atoms with Gasteiger partial charge in [0, 0.05) is 18.5 Å². The van der Waals surface area contributed by atoms with Crippen molar-refractivity contribution in [3.8, 4) is 5.88 Å². The number of nitrogens with one attached hydrogen (secondary N) is 1. The summed E-state index contributed by atoms with van der Waals surface area (Å²) in [6.45, 7) is 3.57. The van der Waals surface area contributed by atoms with Crippen molar-refractivity contribution >= 4 is 17.4 Å². The number of hydrogen-bond acceptors (Lipinski definition) is 3. The number of pyridine rings is 1. The van der Waals surface area contributed by atoms with Gasteiger partial charge in [0.15, 0.2) is 0 Å². The van der Waals surface area contributed by atoms with Crippen molar-refractivity contribution < 1.29 is 4.74 Å². The summed E-state index contributed by atoms with van der Waals surface area (Å²) in [5.74, 6) is 2.31. The number of rotatable bonds is 7. The van der Waals surface area contributed by atoms with E-state index in [9.17, 15) is 0 Å². The zero-order valence-corrected chi connectivity index (χ0v) is 11.0. The molecule has 1 N–H and O–H groups in total. The molecule has 1 fully saturated rings. The highest BCUT2D eigenvalue weighted by Crippen LogP contribution is 2.48. The molecule has 1 saturated carbocycles. The Labute approximate surface area is 108 Å². The fraction of sp³-hybridized carbons (Fsp3) is 0.615. The molecule has 0 atom stereocenters. The second kappa shape index (κ2) is 5.58. The van der Waals surface area contributed by atoms with Crippen LogP contribution < -0.4 is 10.1 Å². The summed E-state index contributed by atoms with van der Waals surface area (Å²) >= 11 is 5.81. The summed E-state index contributed by atoms with van der Waals surface area (Å²) in [7, 11) is 0. The molecule has 0 aliphatic heterocycles. The Balaban J connectivity index is 1.88. The van der Waals surface area contributed by atoms with Gasteiger partial charge < -0.3 is 10.1 Å². The highest BCUT2D eigenvalue weighted by Gasteiger charge is 2.41. The number of ether oxygens (including phenoxy) is 1. The van der Waals surface area contributed by atoms with E-state index >= 15 is 0 Å². The minimum absolute atomic E-state index is 0.422. The Bertz CT molecular complexity index is 366. The highest BCUT2D eigenvalue weighted by atomic mass is 35.5. The van der Waals surface area contributed by atoms with Gasteiger partial charge >= 0.3 is 0 Å². The lowest BCUT2D eigenvalue weighted by Gasteiger charge is -2.15. The van der Waals surface area contributed by atoms with Crippen molar-refractivity contribution in [2.75, 3.05) is 24.3 Å². The Morgan fingerprint density at radius 3 is 2.94 bits per heavy atom. The minimum atomic E-state index is 0.422. The van der Waals surface area contributed by atoms with Gasteiger partial charge in [0.2, 0.25) is 5.88 Å². The quantitative estimate of drug-likeness (QED) is 0.758. The monoisotopic (exact) mass is 254 g/mol. The fourth-order valence-electron chi connectivity index (χ4n) is 1.91. The number of anilines is 1. The van der Waals surface area contributed by atoms with E-state index in [-0.39, 0.29) is 0 Å². The molecular weight excluding hydrogens is 236 g/mol. The van der Waals surface area contributed by atoms with E-state index in [0.29, 0.717) is 17.9 Å². The lowest BCUT2D eigenvalue weighted by atomic mass is 10.0. The molecule has 1 aliphatic carbocycles. The standard InChI is InChI=1S/C13H19ClN2O/c1-2-17-12-5-3-4-11(16-12)15-10-13(6-7-13)8-9-14/h3-5H,2,6-10H2,1H3,(H,15,16). The van der Waals surface area contributed by atoms with Crippen LogP contribution in [-0.2, 0) is 0 Å². The van der Waals surface area contributed by atoms with Gasteiger partial charge in [-0.1, -0.05) is 6.07 Å². The summed E-state index contributed by atoms with van der Waals surface area (Å²) in [5, 5.41) is 3.38. The summed E-state index contributed by atoms with van der Waals surface area (Å²) in [6, 6.07) is 5.81. The van der Waals surface area contributed by atoms with E-state index in [1.54, 1.807) is 0 Å². The zero-order chi connectivity index (χ0) is 12.1. The third kappa shape index (κ3) is 3.50. The van der Waals surface area contributed by atoms with Gasteiger partial charge in [-0.25, -0.2) is 0 Å². The van der Waals surface area contributed by atoms with Crippen molar-refractivity contribution in [3.63, 3.8) is 0 Å². The van der Waals surface area contributed by atoms with Crippen LogP contribution in [0.5, 0.6) is 5.88 Å². The zero-order valence-electron chi connectivity index (χ0n) is 10.2. The first-order valence-electron chi connectivity index (χ1n) is 6.18. The first-order chi connectivity index (χ1) is 8.28.